The highest BCUT2D eigenvalue weighted by molar-refractivity contribution is 5.90. The molecule has 1 aromatic rings. The molecule has 200 valence electrons. The average molecular weight is 486 g/mol. The van der Waals surface area contributed by atoms with Gasteiger partial charge in [0.2, 0.25) is 5.91 Å². The molecule has 1 aromatic carbocycles. The van der Waals surface area contributed by atoms with Crippen LogP contribution in [0.4, 0.5) is 5.69 Å². The fraction of sp³-hybridized carbons (Fsp3) is 0.719. The third kappa shape index (κ3) is 20.2. The van der Waals surface area contributed by atoms with Gasteiger partial charge in [-0.2, -0.15) is 0 Å². The van der Waals surface area contributed by atoms with Gasteiger partial charge in [0.05, 0.1) is 0 Å². The maximum Gasteiger partial charge on any atom is 0.224 e. The molecule has 0 heterocycles. The molecule has 0 spiro atoms. The van der Waals surface area contributed by atoms with E-state index in [-0.39, 0.29) is 5.91 Å². The summed E-state index contributed by atoms with van der Waals surface area (Å²) in [5, 5.41) is 2.99. The summed E-state index contributed by atoms with van der Waals surface area (Å²) in [5.41, 5.74) is 1.77. The highest BCUT2D eigenvalue weighted by Gasteiger charge is 2.04. The van der Waals surface area contributed by atoms with Crippen LogP contribution in [-0.2, 0) is 4.79 Å². The van der Waals surface area contributed by atoms with E-state index in [0.29, 0.717) is 13.0 Å². The maximum atomic E-state index is 12.2. The van der Waals surface area contributed by atoms with Crippen LogP contribution >= 0.6 is 0 Å². The molecular weight excluding hydrogens is 430 g/mol. The first-order chi connectivity index (χ1) is 17.1. The Morgan fingerprint density at radius 1 is 0.743 bits per heavy atom. The van der Waals surface area contributed by atoms with E-state index in [1.54, 1.807) is 0 Å². The Hall–Kier alpha value is -1.77. The molecular formula is C32H55NO2. The second kappa shape index (κ2) is 22.7. The molecule has 0 aliphatic carbocycles. The van der Waals surface area contributed by atoms with Crippen molar-refractivity contribution in [3.05, 3.63) is 36.4 Å². The largest absolute Gasteiger partial charge is 0.489 e. The summed E-state index contributed by atoms with van der Waals surface area (Å²) in [6.07, 6.45) is 26.6. The Kier molecular flexibility index (Phi) is 20.3. The summed E-state index contributed by atoms with van der Waals surface area (Å²) < 4.78 is 5.64. The van der Waals surface area contributed by atoms with Crippen LogP contribution in [0.2, 0.25) is 0 Å². The first kappa shape index (κ1) is 31.3. The molecule has 0 fully saturated rings. The number of ether oxygens (including phenoxy) is 1. The van der Waals surface area contributed by atoms with Crippen molar-refractivity contribution in [2.75, 3.05) is 11.9 Å². The number of hydrogen-bond donors (Lipinski definition) is 1. The summed E-state index contributed by atoms with van der Waals surface area (Å²) in [6.45, 7) is 8.57. The van der Waals surface area contributed by atoms with Gasteiger partial charge in [0.15, 0.2) is 0 Å². The van der Waals surface area contributed by atoms with E-state index in [1.807, 2.05) is 31.2 Å². The predicted molar refractivity (Wildman–Crippen MR) is 153 cm³/mol. The summed E-state index contributed by atoms with van der Waals surface area (Å²) in [7, 11) is 0. The Morgan fingerprint density at radius 3 is 1.66 bits per heavy atom. The average Bonchev–Trinajstić information content (AvgIpc) is 2.84. The molecule has 0 aliphatic rings. The summed E-state index contributed by atoms with van der Waals surface area (Å²) in [6, 6.07) is 7.58. The molecule has 0 saturated heterocycles. The number of anilines is 1. The Bertz CT molecular complexity index is 655. The predicted octanol–water partition coefficient (Wildman–Crippen LogP) is 10.4. The first-order valence-electron chi connectivity index (χ1n) is 14.8. The number of rotatable bonds is 24. The number of hydrogen-bond acceptors (Lipinski definition) is 2. The maximum absolute atomic E-state index is 12.2. The second-order valence-electron chi connectivity index (χ2n) is 10.4. The quantitative estimate of drug-likeness (QED) is 0.117. The highest BCUT2D eigenvalue weighted by atomic mass is 16.5. The van der Waals surface area contributed by atoms with Gasteiger partial charge < -0.3 is 10.1 Å². The van der Waals surface area contributed by atoms with Crippen LogP contribution in [0, 0.1) is 0 Å². The van der Waals surface area contributed by atoms with Gasteiger partial charge in [0.25, 0.3) is 0 Å². The van der Waals surface area contributed by atoms with Gasteiger partial charge in [-0.25, -0.2) is 0 Å². The zero-order valence-corrected chi connectivity index (χ0v) is 23.2. The lowest BCUT2D eigenvalue weighted by Crippen LogP contribution is -2.11. The minimum absolute atomic E-state index is 0.0917. The van der Waals surface area contributed by atoms with Crippen molar-refractivity contribution in [1.82, 2.24) is 0 Å². The van der Waals surface area contributed by atoms with E-state index in [9.17, 15) is 4.79 Å². The molecule has 0 saturated carbocycles. The SMILES string of the molecule is C=C(C)COc1cccc(NC(=O)CCCCCCCCCCCCCCCCCCCCC)c1. The summed E-state index contributed by atoms with van der Waals surface area (Å²) >= 11 is 0. The van der Waals surface area contributed by atoms with Gasteiger partial charge in [0, 0.05) is 18.2 Å². The fourth-order valence-corrected chi connectivity index (χ4v) is 4.46. The molecule has 0 aromatic heterocycles. The molecule has 1 amide bonds. The Balaban J connectivity index is 1.85. The van der Waals surface area contributed by atoms with E-state index >= 15 is 0 Å². The molecule has 1 N–H and O–H groups in total. The number of nitrogens with one attached hydrogen (secondary N) is 1. The minimum Gasteiger partial charge on any atom is -0.489 e. The van der Waals surface area contributed by atoms with Crippen molar-refractivity contribution in [3.8, 4) is 5.75 Å². The number of amides is 1. The zero-order chi connectivity index (χ0) is 25.4. The monoisotopic (exact) mass is 485 g/mol. The molecule has 0 aliphatic heterocycles. The Morgan fingerprint density at radius 2 is 1.20 bits per heavy atom. The Labute approximate surface area is 217 Å². The van der Waals surface area contributed by atoms with Crippen molar-refractivity contribution >= 4 is 11.6 Å². The van der Waals surface area contributed by atoms with Crippen molar-refractivity contribution in [2.24, 2.45) is 0 Å². The molecule has 0 atom stereocenters. The van der Waals surface area contributed by atoms with Crippen LogP contribution in [-0.4, -0.2) is 12.5 Å². The third-order valence-corrected chi connectivity index (χ3v) is 6.61. The number of unbranched alkanes of at least 4 members (excludes halogenated alkanes) is 18. The summed E-state index contributed by atoms with van der Waals surface area (Å²) in [5.74, 6) is 0.850. The molecule has 0 unspecified atom stereocenters. The van der Waals surface area contributed by atoms with Crippen LogP contribution in [0.15, 0.2) is 36.4 Å². The molecule has 3 nitrogen and oxygen atoms in total. The van der Waals surface area contributed by atoms with Crippen LogP contribution in [0.3, 0.4) is 0 Å². The van der Waals surface area contributed by atoms with Gasteiger partial charge in [-0.05, 0) is 31.1 Å². The number of carbonyl (C=O) groups excluding carboxylic acids is 1. The number of carbonyl (C=O) groups is 1. The van der Waals surface area contributed by atoms with Gasteiger partial charge >= 0.3 is 0 Å². The molecule has 1 rings (SSSR count). The van der Waals surface area contributed by atoms with Crippen LogP contribution in [0.25, 0.3) is 0 Å². The van der Waals surface area contributed by atoms with Crippen molar-refractivity contribution in [2.45, 2.75) is 142 Å². The third-order valence-electron chi connectivity index (χ3n) is 6.61. The minimum atomic E-state index is 0.0917. The molecule has 3 heteroatoms. The number of benzene rings is 1. The lowest BCUT2D eigenvalue weighted by molar-refractivity contribution is -0.116. The van der Waals surface area contributed by atoms with Crippen LogP contribution in [0.1, 0.15) is 142 Å². The van der Waals surface area contributed by atoms with E-state index in [2.05, 4.69) is 18.8 Å². The fourth-order valence-electron chi connectivity index (χ4n) is 4.46. The van der Waals surface area contributed by atoms with Crippen molar-refractivity contribution in [3.63, 3.8) is 0 Å². The summed E-state index contributed by atoms with van der Waals surface area (Å²) in [4.78, 5) is 12.2. The van der Waals surface area contributed by atoms with Gasteiger partial charge in [0.1, 0.15) is 12.4 Å². The molecule has 35 heavy (non-hydrogen) atoms. The van der Waals surface area contributed by atoms with Crippen LogP contribution < -0.4 is 10.1 Å². The normalized spacial score (nSPS) is 10.9. The van der Waals surface area contributed by atoms with E-state index in [4.69, 9.17) is 4.74 Å². The van der Waals surface area contributed by atoms with E-state index in [1.165, 1.54) is 109 Å². The smallest absolute Gasteiger partial charge is 0.224 e. The highest BCUT2D eigenvalue weighted by Crippen LogP contribution is 2.19. The van der Waals surface area contributed by atoms with Gasteiger partial charge in [-0.3, -0.25) is 4.79 Å². The second-order valence-corrected chi connectivity index (χ2v) is 10.4. The van der Waals surface area contributed by atoms with Gasteiger partial charge in [-0.1, -0.05) is 135 Å². The zero-order valence-electron chi connectivity index (χ0n) is 23.2. The molecule has 0 radical (unpaired) electrons. The van der Waals surface area contributed by atoms with E-state index < -0.39 is 0 Å². The van der Waals surface area contributed by atoms with Crippen molar-refractivity contribution < 1.29 is 9.53 Å². The standard InChI is InChI=1S/C32H55NO2/c1-4-5-6-7-8-9-10-11-12-13-14-15-16-17-18-19-20-21-22-26-32(34)33-30-24-23-25-31(27-30)35-28-29(2)3/h23-25,27H,2,4-22,26,28H2,1,3H3,(H,33,34). The topological polar surface area (TPSA) is 38.3 Å². The lowest BCUT2D eigenvalue weighted by Gasteiger charge is -2.09. The van der Waals surface area contributed by atoms with Gasteiger partial charge in [-0.15, -0.1) is 0 Å². The van der Waals surface area contributed by atoms with E-state index in [0.717, 1.165) is 29.9 Å². The molecule has 0 bridgehead atoms. The lowest BCUT2D eigenvalue weighted by atomic mass is 10.0. The van der Waals surface area contributed by atoms with Crippen molar-refractivity contribution in [1.29, 1.82) is 0 Å². The van der Waals surface area contributed by atoms with Crippen LogP contribution in [0.5, 0.6) is 5.75 Å². The first-order valence-corrected chi connectivity index (χ1v) is 14.8.